The first-order chi connectivity index (χ1) is 13.9. The Kier molecular flexibility index (Phi) is 7.33. The molecule has 3 rings (SSSR count). The number of amides is 1. The third kappa shape index (κ3) is 5.38. The van der Waals surface area contributed by atoms with Gasteiger partial charge in [-0.05, 0) is 68.3 Å². The van der Waals surface area contributed by atoms with Crippen LogP contribution in [-0.2, 0) is 11.3 Å². The topological polar surface area (TPSA) is 43.6 Å². The lowest BCUT2D eigenvalue weighted by Gasteiger charge is -2.07. The number of nitrogens with zero attached hydrogens (tertiary/aromatic N) is 2. The summed E-state index contributed by atoms with van der Waals surface area (Å²) in [6.45, 7) is 12.5. The van der Waals surface area contributed by atoms with E-state index >= 15 is 0 Å². The van der Waals surface area contributed by atoms with Gasteiger partial charge in [-0.15, -0.1) is 11.8 Å². The molecule has 4 nitrogen and oxygen atoms in total. The number of hydrogen-bond donors (Lipinski definition) is 0. The Balaban J connectivity index is 1.99. The van der Waals surface area contributed by atoms with Crippen LogP contribution in [0.2, 0.25) is 0 Å². The Bertz CT molecular complexity index is 1060. The maximum Gasteiger partial charge on any atom is 0.279 e. The zero-order valence-electron chi connectivity index (χ0n) is 17.7. The number of carbonyl (C=O) groups is 1. The summed E-state index contributed by atoms with van der Waals surface area (Å²) in [7, 11) is 0. The largest absolute Gasteiger partial charge is 0.380 e. The van der Waals surface area contributed by atoms with E-state index in [1.807, 2.05) is 31.2 Å². The number of carbonyl (C=O) groups excluding carboxylic acids is 1. The van der Waals surface area contributed by atoms with Crippen molar-refractivity contribution in [3.05, 3.63) is 57.9 Å². The van der Waals surface area contributed by atoms with Crippen molar-refractivity contribution in [1.29, 1.82) is 0 Å². The van der Waals surface area contributed by atoms with Gasteiger partial charge in [0.05, 0.1) is 16.8 Å². The lowest BCUT2D eigenvalue weighted by atomic mass is 10.1. The highest BCUT2D eigenvalue weighted by Crippen LogP contribution is 2.24. The molecule has 1 amide bonds. The van der Waals surface area contributed by atoms with Gasteiger partial charge in [0.15, 0.2) is 4.80 Å². The Hall–Kier alpha value is -1.89. The molecule has 154 valence electrons. The highest BCUT2D eigenvalue weighted by atomic mass is 32.2. The molecule has 0 bridgehead atoms. The summed E-state index contributed by atoms with van der Waals surface area (Å²) in [5, 5.41) is 0.510. The summed E-state index contributed by atoms with van der Waals surface area (Å²) in [5.41, 5.74) is 4.19. The molecule has 0 atom stereocenters. The van der Waals surface area contributed by atoms with E-state index < -0.39 is 0 Å². The Morgan fingerprint density at radius 2 is 1.86 bits per heavy atom. The molecule has 0 aliphatic rings. The van der Waals surface area contributed by atoms with Gasteiger partial charge in [-0.1, -0.05) is 25.2 Å². The summed E-state index contributed by atoms with van der Waals surface area (Å²) in [6.07, 6.45) is 0. The van der Waals surface area contributed by atoms with Gasteiger partial charge in [0.1, 0.15) is 0 Å². The van der Waals surface area contributed by atoms with E-state index in [-0.39, 0.29) is 5.91 Å². The smallest absolute Gasteiger partial charge is 0.279 e. The van der Waals surface area contributed by atoms with Crippen LogP contribution in [0.15, 0.2) is 46.3 Å². The van der Waals surface area contributed by atoms with Gasteiger partial charge in [-0.3, -0.25) is 4.79 Å². The van der Waals surface area contributed by atoms with Gasteiger partial charge >= 0.3 is 0 Å². The first-order valence-electron chi connectivity index (χ1n) is 9.93. The lowest BCUT2D eigenvalue weighted by molar-refractivity contribution is 0.0996. The number of ether oxygens (including phenoxy) is 1. The predicted molar refractivity (Wildman–Crippen MR) is 123 cm³/mol. The Morgan fingerprint density at radius 3 is 2.52 bits per heavy atom. The number of aromatic nitrogens is 1. The van der Waals surface area contributed by atoms with Gasteiger partial charge in [0.2, 0.25) is 0 Å². The minimum atomic E-state index is -0.212. The third-order valence-electron chi connectivity index (χ3n) is 4.63. The van der Waals surface area contributed by atoms with Crippen molar-refractivity contribution < 1.29 is 9.53 Å². The SMILES string of the molecule is CCOCCn1c(=NC(=O)c2ccc(SC(C)C)cc2)sc2cc(C)c(C)cc21. The van der Waals surface area contributed by atoms with Crippen molar-refractivity contribution in [2.75, 3.05) is 13.2 Å². The number of aryl methyl sites for hydroxylation is 2. The van der Waals surface area contributed by atoms with Crippen molar-refractivity contribution in [1.82, 2.24) is 4.57 Å². The van der Waals surface area contributed by atoms with E-state index in [0.717, 1.165) is 19.9 Å². The van der Waals surface area contributed by atoms with E-state index in [2.05, 4.69) is 49.4 Å². The molecule has 1 aromatic heterocycles. The van der Waals surface area contributed by atoms with Crippen LogP contribution in [0.5, 0.6) is 0 Å². The maximum absolute atomic E-state index is 12.8. The van der Waals surface area contributed by atoms with E-state index in [1.165, 1.54) is 11.1 Å². The van der Waals surface area contributed by atoms with Crippen LogP contribution in [0.3, 0.4) is 0 Å². The molecule has 0 aliphatic carbocycles. The second-order valence-corrected chi connectivity index (χ2v) is 9.90. The van der Waals surface area contributed by atoms with Crippen molar-refractivity contribution in [3.63, 3.8) is 0 Å². The van der Waals surface area contributed by atoms with Crippen molar-refractivity contribution >= 4 is 39.2 Å². The van der Waals surface area contributed by atoms with Crippen molar-refractivity contribution in [2.45, 2.75) is 51.3 Å². The average Bonchev–Trinajstić information content (AvgIpc) is 2.98. The molecule has 29 heavy (non-hydrogen) atoms. The second kappa shape index (κ2) is 9.74. The summed E-state index contributed by atoms with van der Waals surface area (Å²) in [5.74, 6) is -0.212. The molecule has 0 saturated heterocycles. The van der Waals surface area contributed by atoms with Crippen LogP contribution in [-0.4, -0.2) is 28.9 Å². The van der Waals surface area contributed by atoms with Crippen molar-refractivity contribution in [2.24, 2.45) is 4.99 Å². The lowest BCUT2D eigenvalue weighted by Crippen LogP contribution is -2.19. The fourth-order valence-corrected chi connectivity index (χ4v) is 4.99. The van der Waals surface area contributed by atoms with Gasteiger partial charge in [-0.25, -0.2) is 0 Å². The van der Waals surface area contributed by atoms with Gasteiger partial charge in [0.25, 0.3) is 5.91 Å². The average molecular weight is 429 g/mol. The van der Waals surface area contributed by atoms with Gasteiger partial charge < -0.3 is 9.30 Å². The number of thioether (sulfide) groups is 1. The molecular weight excluding hydrogens is 400 g/mol. The Morgan fingerprint density at radius 1 is 1.17 bits per heavy atom. The van der Waals surface area contributed by atoms with Crippen LogP contribution in [0.4, 0.5) is 0 Å². The fraction of sp³-hybridized carbons (Fsp3) is 0.391. The zero-order chi connectivity index (χ0) is 21.0. The maximum atomic E-state index is 12.8. The summed E-state index contributed by atoms with van der Waals surface area (Å²) < 4.78 is 8.79. The van der Waals surface area contributed by atoms with Crippen molar-refractivity contribution in [3.8, 4) is 0 Å². The number of rotatable bonds is 7. The highest BCUT2D eigenvalue weighted by Gasteiger charge is 2.11. The zero-order valence-corrected chi connectivity index (χ0v) is 19.3. The summed E-state index contributed by atoms with van der Waals surface area (Å²) >= 11 is 3.34. The summed E-state index contributed by atoms with van der Waals surface area (Å²) in [4.78, 5) is 19.2. The molecule has 0 saturated carbocycles. The van der Waals surface area contributed by atoms with Crippen LogP contribution < -0.4 is 4.80 Å². The summed E-state index contributed by atoms with van der Waals surface area (Å²) in [6, 6.07) is 12.1. The number of fused-ring (bicyclic) bond motifs is 1. The molecule has 6 heteroatoms. The third-order valence-corrected chi connectivity index (χ3v) is 6.69. The number of thiazole rings is 1. The molecule has 1 heterocycles. The van der Waals surface area contributed by atoms with Crippen LogP contribution in [0.1, 0.15) is 42.3 Å². The predicted octanol–water partition coefficient (Wildman–Crippen LogP) is 5.60. The fourth-order valence-electron chi connectivity index (χ4n) is 3.02. The molecule has 0 radical (unpaired) electrons. The molecule has 3 aromatic rings. The van der Waals surface area contributed by atoms with Gasteiger partial charge in [0, 0.05) is 28.9 Å². The first kappa shape index (κ1) is 21.8. The standard InChI is InChI=1S/C23H28N2O2S2/c1-6-27-12-11-25-20-13-16(4)17(5)14-21(20)29-23(25)24-22(26)18-7-9-19(10-8-18)28-15(2)3/h7-10,13-15H,6,11-12H2,1-5H3. The molecule has 0 aliphatic heterocycles. The van der Waals surface area contributed by atoms with Crippen LogP contribution >= 0.6 is 23.1 Å². The second-order valence-electron chi connectivity index (χ2n) is 7.25. The molecule has 2 aromatic carbocycles. The van der Waals surface area contributed by atoms with E-state index in [4.69, 9.17) is 4.74 Å². The number of benzene rings is 2. The minimum Gasteiger partial charge on any atom is -0.380 e. The van der Waals surface area contributed by atoms with E-state index in [0.29, 0.717) is 30.6 Å². The van der Waals surface area contributed by atoms with Crippen LogP contribution in [0, 0.1) is 13.8 Å². The molecule has 0 unspecified atom stereocenters. The molecule has 0 fully saturated rings. The molecular formula is C23H28N2O2S2. The monoisotopic (exact) mass is 428 g/mol. The first-order valence-corrected chi connectivity index (χ1v) is 11.6. The van der Waals surface area contributed by atoms with E-state index in [9.17, 15) is 4.79 Å². The van der Waals surface area contributed by atoms with Gasteiger partial charge in [-0.2, -0.15) is 4.99 Å². The van der Waals surface area contributed by atoms with E-state index in [1.54, 1.807) is 23.1 Å². The minimum absolute atomic E-state index is 0.212. The molecule has 0 N–H and O–H groups in total. The Labute approximate surface area is 180 Å². The van der Waals surface area contributed by atoms with Crippen LogP contribution in [0.25, 0.3) is 10.2 Å². The number of hydrogen-bond acceptors (Lipinski definition) is 4. The molecule has 0 spiro atoms. The normalized spacial score (nSPS) is 12.3. The highest BCUT2D eigenvalue weighted by molar-refractivity contribution is 7.99. The quantitative estimate of drug-likeness (QED) is 0.363.